The number of nitrogens with zero attached hydrogens (tertiary/aromatic N) is 2. The van der Waals surface area contributed by atoms with Crippen LogP contribution in [0.25, 0.3) is 0 Å². The predicted molar refractivity (Wildman–Crippen MR) is 115 cm³/mol. The highest BCUT2D eigenvalue weighted by atomic mass is 35.5. The number of benzene rings is 1. The topological polar surface area (TPSA) is 66.8 Å². The van der Waals surface area contributed by atoms with Crippen molar-refractivity contribution >= 4 is 33.1 Å². The lowest BCUT2D eigenvalue weighted by Gasteiger charge is -2.25. The monoisotopic (exact) mass is 436 g/mol. The standard InChI is InChI=1S/C22H29ClN2O3S/c1-13(2)14(3)22(27)25-8-5-10-29(28,11-9-25)24-21(26)20-17-12-16-15(19(17)20)6-4-7-18(16)23/h4,6-7,13-14,17,19-20H,5,8-12H2,1-3H3. The second kappa shape index (κ2) is 7.69. The van der Waals surface area contributed by atoms with Crippen molar-refractivity contribution in [2.45, 2.75) is 39.5 Å². The first kappa shape index (κ1) is 20.9. The molecule has 5 unspecified atom stereocenters. The van der Waals surface area contributed by atoms with Crippen molar-refractivity contribution in [3.8, 4) is 0 Å². The zero-order valence-electron chi connectivity index (χ0n) is 17.3. The second-order valence-electron chi connectivity index (χ2n) is 9.05. The lowest BCUT2D eigenvalue weighted by atomic mass is 9.96. The third-order valence-electron chi connectivity index (χ3n) is 6.94. The van der Waals surface area contributed by atoms with Crippen molar-refractivity contribution in [3.05, 3.63) is 34.3 Å². The highest BCUT2D eigenvalue weighted by Crippen LogP contribution is 2.62. The SMILES string of the molecule is CC(C)C(C)C(=O)N1CCCS(=O)(=NC(=O)C2C3Cc4c(Cl)cccc4C32)CC1. The number of rotatable bonds is 3. The third-order valence-corrected chi connectivity index (χ3v) is 9.55. The molecule has 7 heteroatoms. The van der Waals surface area contributed by atoms with Gasteiger partial charge in [-0.1, -0.05) is 44.5 Å². The number of amides is 2. The van der Waals surface area contributed by atoms with E-state index in [9.17, 15) is 13.8 Å². The van der Waals surface area contributed by atoms with Gasteiger partial charge in [0.05, 0.1) is 15.6 Å². The molecule has 1 saturated carbocycles. The highest BCUT2D eigenvalue weighted by Gasteiger charge is 2.59. The van der Waals surface area contributed by atoms with Crippen LogP contribution in [0, 0.1) is 23.7 Å². The molecule has 0 bridgehead atoms. The molecular weight excluding hydrogens is 408 g/mol. The number of fused-ring (bicyclic) bond motifs is 3. The number of halogens is 1. The number of carbonyl (C=O) groups is 2. The molecule has 2 fully saturated rings. The van der Waals surface area contributed by atoms with Gasteiger partial charge in [-0.25, -0.2) is 4.21 Å². The molecule has 0 spiro atoms. The molecule has 5 nitrogen and oxygen atoms in total. The van der Waals surface area contributed by atoms with Gasteiger partial charge in [-0.2, -0.15) is 4.36 Å². The molecule has 158 valence electrons. The molecule has 5 atom stereocenters. The fourth-order valence-electron chi connectivity index (χ4n) is 4.78. The van der Waals surface area contributed by atoms with Crippen molar-refractivity contribution in [2.75, 3.05) is 24.6 Å². The predicted octanol–water partition coefficient (Wildman–Crippen LogP) is 3.74. The summed E-state index contributed by atoms with van der Waals surface area (Å²) in [6.45, 7) is 7.03. The largest absolute Gasteiger partial charge is 0.341 e. The van der Waals surface area contributed by atoms with Crippen LogP contribution < -0.4 is 0 Å². The zero-order valence-corrected chi connectivity index (χ0v) is 18.8. The minimum absolute atomic E-state index is 0.0551. The van der Waals surface area contributed by atoms with E-state index in [2.05, 4.69) is 4.36 Å². The summed E-state index contributed by atoms with van der Waals surface area (Å²) in [7, 11) is -2.60. The summed E-state index contributed by atoms with van der Waals surface area (Å²) in [6, 6.07) is 5.86. The van der Waals surface area contributed by atoms with Gasteiger partial charge in [0.2, 0.25) is 5.91 Å². The molecule has 29 heavy (non-hydrogen) atoms. The highest BCUT2D eigenvalue weighted by molar-refractivity contribution is 7.93. The van der Waals surface area contributed by atoms with Gasteiger partial charge in [-0.15, -0.1) is 0 Å². The van der Waals surface area contributed by atoms with Crippen molar-refractivity contribution in [3.63, 3.8) is 0 Å². The Morgan fingerprint density at radius 3 is 2.69 bits per heavy atom. The summed E-state index contributed by atoms with van der Waals surface area (Å²) in [4.78, 5) is 27.3. The minimum Gasteiger partial charge on any atom is -0.341 e. The van der Waals surface area contributed by atoms with E-state index < -0.39 is 9.73 Å². The maximum atomic E-state index is 13.3. The van der Waals surface area contributed by atoms with E-state index in [1.54, 1.807) is 4.90 Å². The first-order valence-electron chi connectivity index (χ1n) is 10.5. The Bertz CT molecular complexity index is 967. The molecule has 1 aromatic carbocycles. The Morgan fingerprint density at radius 2 is 1.97 bits per heavy atom. The van der Waals surface area contributed by atoms with E-state index in [0.29, 0.717) is 31.0 Å². The Kier molecular flexibility index (Phi) is 5.53. The average Bonchev–Trinajstić information content (AvgIpc) is 3.31. The van der Waals surface area contributed by atoms with Crippen LogP contribution in [0.3, 0.4) is 0 Å². The van der Waals surface area contributed by atoms with Gasteiger partial charge in [0.15, 0.2) is 0 Å². The number of carbonyl (C=O) groups excluding carboxylic acids is 2. The lowest BCUT2D eigenvalue weighted by molar-refractivity contribution is -0.136. The van der Waals surface area contributed by atoms with Crippen LogP contribution in [-0.4, -0.2) is 45.5 Å². The maximum Gasteiger partial charge on any atom is 0.257 e. The second-order valence-corrected chi connectivity index (χ2v) is 12.0. The van der Waals surface area contributed by atoms with E-state index in [1.807, 2.05) is 39.0 Å². The first-order chi connectivity index (χ1) is 13.7. The van der Waals surface area contributed by atoms with Crippen LogP contribution in [0.4, 0.5) is 0 Å². The fraction of sp³-hybridized carbons (Fsp3) is 0.636. The van der Waals surface area contributed by atoms with Crippen molar-refractivity contribution in [2.24, 2.45) is 28.0 Å². The Labute approximate surface area is 178 Å². The molecule has 0 aromatic heterocycles. The van der Waals surface area contributed by atoms with Gasteiger partial charge in [0.25, 0.3) is 5.91 Å². The van der Waals surface area contributed by atoms with E-state index in [4.69, 9.17) is 11.6 Å². The van der Waals surface area contributed by atoms with Crippen LogP contribution in [0.1, 0.15) is 44.2 Å². The minimum atomic E-state index is -2.60. The van der Waals surface area contributed by atoms with Gasteiger partial charge >= 0.3 is 0 Å². The normalized spacial score (nSPS) is 31.6. The fourth-order valence-corrected chi connectivity index (χ4v) is 6.97. The van der Waals surface area contributed by atoms with Gasteiger partial charge in [0.1, 0.15) is 0 Å². The van der Waals surface area contributed by atoms with E-state index >= 15 is 0 Å². The molecule has 4 rings (SSSR count). The van der Waals surface area contributed by atoms with Crippen LogP contribution >= 0.6 is 11.6 Å². The molecule has 1 aliphatic heterocycles. The summed E-state index contributed by atoms with van der Waals surface area (Å²) >= 11 is 6.27. The summed E-state index contributed by atoms with van der Waals surface area (Å²) < 4.78 is 17.6. The summed E-state index contributed by atoms with van der Waals surface area (Å²) in [5.41, 5.74) is 2.31. The Balaban J connectivity index is 1.45. The quantitative estimate of drug-likeness (QED) is 0.724. The third kappa shape index (κ3) is 3.86. The van der Waals surface area contributed by atoms with Crippen LogP contribution in [-0.2, 0) is 25.7 Å². The lowest BCUT2D eigenvalue weighted by Crippen LogP contribution is -2.38. The molecule has 2 amide bonds. The van der Waals surface area contributed by atoms with Gasteiger partial charge in [0, 0.05) is 41.5 Å². The molecule has 3 aliphatic rings. The van der Waals surface area contributed by atoms with Crippen molar-refractivity contribution in [1.29, 1.82) is 0 Å². The molecule has 0 N–H and O–H groups in total. The van der Waals surface area contributed by atoms with E-state index in [1.165, 1.54) is 0 Å². The Morgan fingerprint density at radius 1 is 1.21 bits per heavy atom. The van der Waals surface area contributed by atoms with E-state index in [-0.39, 0.29) is 41.4 Å². The summed E-state index contributed by atoms with van der Waals surface area (Å²) in [5.74, 6) is 1.07. The number of hydrogen-bond acceptors (Lipinski definition) is 3. The smallest absolute Gasteiger partial charge is 0.257 e. The molecule has 1 heterocycles. The van der Waals surface area contributed by atoms with Gasteiger partial charge in [-0.05, 0) is 41.9 Å². The average molecular weight is 437 g/mol. The first-order valence-corrected chi connectivity index (χ1v) is 12.8. The zero-order chi connectivity index (χ0) is 20.9. The van der Waals surface area contributed by atoms with Crippen LogP contribution in [0.15, 0.2) is 22.6 Å². The van der Waals surface area contributed by atoms with Crippen LogP contribution in [0.5, 0.6) is 0 Å². The molecule has 1 saturated heterocycles. The van der Waals surface area contributed by atoms with Crippen LogP contribution in [0.2, 0.25) is 5.02 Å². The molecule has 0 radical (unpaired) electrons. The molecular formula is C22H29ClN2O3S. The summed E-state index contributed by atoms with van der Waals surface area (Å²) in [6.07, 6.45) is 1.43. The Hall–Kier alpha value is -1.40. The maximum absolute atomic E-state index is 13.3. The van der Waals surface area contributed by atoms with Crippen molar-refractivity contribution in [1.82, 2.24) is 4.90 Å². The molecule has 1 aromatic rings. The van der Waals surface area contributed by atoms with Gasteiger partial charge < -0.3 is 4.90 Å². The number of hydrogen-bond donors (Lipinski definition) is 0. The summed E-state index contributed by atoms with van der Waals surface area (Å²) in [5, 5.41) is 0.771. The van der Waals surface area contributed by atoms with E-state index in [0.717, 1.165) is 22.6 Å². The molecule has 2 aliphatic carbocycles. The van der Waals surface area contributed by atoms with Crippen molar-refractivity contribution < 1.29 is 13.8 Å². The van der Waals surface area contributed by atoms with Gasteiger partial charge in [-0.3, -0.25) is 9.59 Å².